The molecular weight excluding hydrogens is 136 g/mol. The van der Waals surface area contributed by atoms with Gasteiger partial charge in [-0.2, -0.15) is 5.90 Å². The SMILES string of the molecule is NOC(=O)CCC(N)C=O. The van der Waals surface area contributed by atoms with Gasteiger partial charge in [0.05, 0.1) is 6.04 Å². The molecule has 5 heteroatoms. The zero-order valence-corrected chi connectivity index (χ0v) is 5.45. The molecule has 0 amide bonds. The van der Waals surface area contributed by atoms with Crippen LogP contribution in [-0.2, 0) is 14.4 Å². The second-order valence-corrected chi connectivity index (χ2v) is 1.83. The average molecular weight is 146 g/mol. The lowest BCUT2D eigenvalue weighted by Gasteiger charge is -1.99. The maximum atomic E-state index is 10.3. The molecule has 10 heavy (non-hydrogen) atoms. The lowest BCUT2D eigenvalue weighted by atomic mass is 10.2. The van der Waals surface area contributed by atoms with Crippen LogP contribution in [0.4, 0.5) is 0 Å². The minimum absolute atomic E-state index is 0.0798. The van der Waals surface area contributed by atoms with Crippen LogP contribution in [0.15, 0.2) is 0 Å². The second-order valence-electron chi connectivity index (χ2n) is 1.83. The van der Waals surface area contributed by atoms with Crippen molar-refractivity contribution in [3.8, 4) is 0 Å². The minimum Gasteiger partial charge on any atom is -0.373 e. The van der Waals surface area contributed by atoms with Crippen molar-refractivity contribution < 1.29 is 14.4 Å². The zero-order chi connectivity index (χ0) is 7.98. The molecule has 0 rings (SSSR count). The van der Waals surface area contributed by atoms with E-state index in [1.807, 2.05) is 0 Å². The Morgan fingerprint density at radius 2 is 2.30 bits per heavy atom. The van der Waals surface area contributed by atoms with Crippen LogP contribution in [0.25, 0.3) is 0 Å². The summed E-state index contributed by atoms with van der Waals surface area (Å²) in [6.45, 7) is 0. The van der Waals surface area contributed by atoms with Crippen molar-refractivity contribution in [2.75, 3.05) is 0 Å². The summed E-state index contributed by atoms with van der Waals surface area (Å²) in [5, 5.41) is 0. The lowest BCUT2D eigenvalue weighted by molar-refractivity contribution is -0.144. The predicted molar refractivity (Wildman–Crippen MR) is 33.6 cm³/mol. The van der Waals surface area contributed by atoms with Gasteiger partial charge >= 0.3 is 5.97 Å². The van der Waals surface area contributed by atoms with Crippen LogP contribution in [0.2, 0.25) is 0 Å². The van der Waals surface area contributed by atoms with Crippen molar-refractivity contribution in [2.24, 2.45) is 11.6 Å². The van der Waals surface area contributed by atoms with Crippen LogP contribution < -0.4 is 11.6 Å². The maximum Gasteiger partial charge on any atom is 0.324 e. The molecule has 0 saturated carbocycles. The number of carbonyl (C=O) groups excluding carboxylic acids is 2. The molecule has 58 valence electrons. The molecule has 0 aliphatic heterocycles. The van der Waals surface area contributed by atoms with Crippen LogP contribution in [0.5, 0.6) is 0 Å². The van der Waals surface area contributed by atoms with Gasteiger partial charge in [-0.25, -0.2) is 0 Å². The summed E-state index contributed by atoms with van der Waals surface area (Å²) in [5.41, 5.74) is 5.16. The first-order valence-corrected chi connectivity index (χ1v) is 2.81. The van der Waals surface area contributed by atoms with E-state index in [4.69, 9.17) is 5.73 Å². The van der Waals surface area contributed by atoms with E-state index in [0.717, 1.165) is 0 Å². The molecule has 0 heterocycles. The van der Waals surface area contributed by atoms with Gasteiger partial charge in [-0.05, 0) is 6.42 Å². The van der Waals surface area contributed by atoms with Gasteiger partial charge < -0.3 is 15.4 Å². The standard InChI is InChI=1S/C5H10N2O3/c6-4(3-8)1-2-5(9)10-7/h3-4H,1-2,6-7H2. The summed E-state index contributed by atoms with van der Waals surface area (Å²) >= 11 is 0. The van der Waals surface area contributed by atoms with Gasteiger partial charge in [-0.3, -0.25) is 4.79 Å². The molecule has 0 fully saturated rings. The Kier molecular flexibility index (Phi) is 4.43. The van der Waals surface area contributed by atoms with E-state index in [0.29, 0.717) is 6.29 Å². The fourth-order valence-electron chi connectivity index (χ4n) is 0.411. The smallest absolute Gasteiger partial charge is 0.324 e. The quantitative estimate of drug-likeness (QED) is 0.380. The number of aldehydes is 1. The van der Waals surface area contributed by atoms with Gasteiger partial charge in [0.15, 0.2) is 0 Å². The summed E-state index contributed by atoms with van der Waals surface area (Å²) in [4.78, 5) is 24.0. The molecule has 4 N–H and O–H groups in total. The summed E-state index contributed by atoms with van der Waals surface area (Å²) in [7, 11) is 0. The van der Waals surface area contributed by atoms with Gasteiger partial charge in [0, 0.05) is 6.42 Å². The van der Waals surface area contributed by atoms with Crippen LogP contribution in [0.1, 0.15) is 12.8 Å². The first-order chi connectivity index (χ1) is 4.70. The van der Waals surface area contributed by atoms with Gasteiger partial charge in [-0.1, -0.05) is 0 Å². The fourth-order valence-corrected chi connectivity index (χ4v) is 0.411. The van der Waals surface area contributed by atoms with E-state index in [9.17, 15) is 9.59 Å². The second kappa shape index (κ2) is 4.89. The number of hydrogen-bond donors (Lipinski definition) is 2. The molecular formula is C5H10N2O3. The highest BCUT2D eigenvalue weighted by Crippen LogP contribution is 1.92. The van der Waals surface area contributed by atoms with Crippen molar-refractivity contribution in [1.29, 1.82) is 0 Å². The molecule has 0 bridgehead atoms. The molecule has 0 saturated heterocycles. The topological polar surface area (TPSA) is 95.4 Å². The van der Waals surface area contributed by atoms with E-state index >= 15 is 0 Å². The summed E-state index contributed by atoms with van der Waals surface area (Å²) in [6, 6.07) is -0.598. The maximum absolute atomic E-state index is 10.3. The summed E-state index contributed by atoms with van der Waals surface area (Å²) in [5.74, 6) is 3.96. The Morgan fingerprint density at radius 3 is 2.70 bits per heavy atom. The molecule has 1 unspecified atom stereocenters. The van der Waals surface area contributed by atoms with Gasteiger partial charge in [-0.15, -0.1) is 0 Å². The first-order valence-electron chi connectivity index (χ1n) is 2.81. The molecule has 5 nitrogen and oxygen atoms in total. The molecule has 0 aromatic rings. The first kappa shape index (κ1) is 9.06. The van der Waals surface area contributed by atoms with E-state index < -0.39 is 12.0 Å². The third-order valence-corrected chi connectivity index (χ3v) is 0.988. The van der Waals surface area contributed by atoms with Crippen molar-refractivity contribution >= 4 is 12.3 Å². The van der Waals surface area contributed by atoms with E-state index in [1.54, 1.807) is 0 Å². The van der Waals surface area contributed by atoms with Gasteiger partial charge in [0.1, 0.15) is 6.29 Å². The Bertz CT molecular complexity index is 126. The molecule has 0 aromatic carbocycles. The Labute approximate surface area is 58.3 Å². The highest BCUT2D eigenvalue weighted by Gasteiger charge is 2.04. The Morgan fingerprint density at radius 1 is 1.70 bits per heavy atom. The van der Waals surface area contributed by atoms with Crippen LogP contribution in [0.3, 0.4) is 0 Å². The summed E-state index contributed by atoms with van der Waals surface area (Å²) < 4.78 is 0. The highest BCUT2D eigenvalue weighted by molar-refractivity contribution is 5.69. The molecule has 0 spiro atoms. The highest BCUT2D eigenvalue weighted by atomic mass is 16.7. The third kappa shape index (κ3) is 3.99. The van der Waals surface area contributed by atoms with Gasteiger partial charge in [0.25, 0.3) is 0 Å². The molecule has 1 atom stereocenters. The Balaban J connectivity index is 3.34. The fraction of sp³-hybridized carbons (Fsp3) is 0.600. The van der Waals surface area contributed by atoms with E-state index in [-0.39, 0.29) is 12.8 Å². The molecule has 0 aliphatic rings. The zero-order valence-electron chi connectivity index (χ0n) is 5.45. The molecule has 0 aliphatic carbocycles. The number of carbonyl (C=O) groups is 2. The number of nitrogens with two attached hydrogens (primary N) is 2. The van der Waals surface area contributed by atoms with Gasteiger partial charge in [0.2, 0.25) is 0 Å². The number of hydrogen-bond acceptors (Lipinski definition) is 5. The van der Waals surface area contributed by atoms with Crippen molar-refractivity contribution in [2.45, 2.75) is 18.9 Å². The summed E-state index contributed by atoms with van der Waals surface area (Å²) in [6.07, 6.45) is 0.930. The monoisotopic (exact) mass is 146 g/mol. The van der Waals surface area contributed by atoms with Crippen LogP contribution in [-0.4, -0.2) is 18.3 Å². The molecule has 0 radical (unpaired) electrons. The molecule has 0 aromatic heterocycles. The Hall–Kier alpha value is -0.940. The van der Waals surface area contributed by atoms with E-state index in [1.165, 1.54) is 0 Å². The average Bonchev–Trinajstić information content (AvgIpc) is 1.99. The number of rotatable bonds is 4. The third-order valence-electron chi connectivity index (χ3n) is 0.988. The van der Waals surface area contributed by atoms with Crippen LogP contribution in [0, 0.1) is 0 Å². The van der Waals surface area contributed by atoms with E-state index in [2.05, 4.69) is 10.7 Å². The largest absolute Gasteiger partial charge is 0.373 e. The van der Waals surface area contributed by atoms with Crippen molar-refractivity contribution in [3.63, 3.8) is 0 Å². The normalized spacial score (nSPS) is 12.2. The van der Waals surface area contributed by atoms with Crippen molar-refractivity contribution in [1.82, 2.24) is 0 Å². The van der Waals surface area contributed by atoms with Crippen molar-refractivity contribution in [3.05, 3.63) is 0 Å². The lowest BCUT2D eigenvalue weighted by Crippen LogP contribution is -2.23. The minimum atomic E-state index is -0.598. The van der Waals surface area contributed by atoms with Crippen LogP contribution >= 0.6 is 0 Å². The predicted octanol–water partition coefficient (Wildman–Crippen LogP) is -1.29.